The van der Waals surface area contributed by atoms with E-state index in [0.717, 1.165) is 10.9 Å². The van der Waals surface area contributed by atoms with Gasteiger partial charge in [-0.15, -0.1) is 0 Å². The predicted octanol–water partition coefficient (Wildman–Crippen LogP) is 1.38. The van der Waals surface area contributed by atoms with E-state index in [4.69, 9.17) is 5.21 Å². The fourth-order valence-corrected chi connectivity index (χ4v) is 1.39. The molecule has 0 aliphatic rings. The Hall–Kier alpha value is -1.84. The molecule has 2 aromatic rings. The Morgan fingerprint density at radius 3 is 3.00 bits per heavy atom. The second-order valence-electron chi connectivity index (χ2n) is 2.77. The third-order valence-corrected chi connectivity index (χ3v) is 1.97. The molecule has 13 heavy (non-hydrogen) atoms. The number of para-hydroxylation sites is 1. The average Bonchev–Trinajstić information content (AvgIpc) is 2.46. The van der Waals surface area contributed by atoms with Gasteiger partial charge < -0.3 is 5.21 Å². The SMILES string of the molecule is Cn1nc(/C=N/O)c2ccccc21. The van der Waals surface area contributed by atoms with Gasteiger partial charge in [0.15, 0.2) is 0 Å². The van der Waals surface area contributed by atoms with E-state index in [2.05, 4.69) is 10.3 Å². The van der Waals surface area contributed by atoms with E-state index >= 15 is 0 Å². The van der Waals surface area contributed by atoms with Gasteiger partial charge in [0.25, 0.3) is 0 Å². The van der Waals surface area contributed by atoms with Crippen molar-refractivity contribution in [3.8, 4) is 0 Å². The summed E-state index contributed by atoms with van der Waals surface area (Å²) in [6, 6.07) is 7.79. The lowest BCUT2D eigenvalue weighted by atomic mass is 10.2. The van der Waals surface area contributed by atoms with Crippen LogP contribution in [-0.2, 0) is 7.05 Å². The van der Waals surface area contributed by atoms with E-state index in [9.17, 15) is 0 Å². The molecule has 0 bridgehead atoms. The molecule has 4 nitrogen and oxygen atoms in total. The molecule has 4 heteroatoms. The molecule has 0 atom stereocenters. The molecule has 0 saturated carbocycles. The Labute approximate surface area is 75.1 Å². The van der Waals surface area contributed by atoms with Crippen molar-refractivity contribution in [1.82, 2.24) is 9.78 Å². The Morgan fingerprint density at radius 1 is 1.46 bits per heavy atom. The van der Waals surface area contributed by atoms with Crippen molar-refractivity contribution < 1.29 is 5.21 Å². The van der Waals surface area contributed by atoms with Crippen LogP contribution in [0.5, 0.6) is 0 Å². The van der Waals surface area contributed by atoms with E-state index in [1.165, 1.54) is 6.21 Å². The summed E-state index contributed by atoms with van der Waals surface area (Å²) in [5, 5.41) is 16.6. The Balaban J connectivity index is 2.77. The van der Waals surface area contributed by atoms with Gasteiger partial charge in [0.05, 0.1) is 11.7 Å². The summed E-state index contributed by atoms with van der Waals surface area (Å²) in [5.41, 5.74) is 1.71. The molecular weight excluding hydrogens is 166 g/mol. The van der Waals surface area contributed by atoms with E-state index < -0.39 is 0 Å². The van der Waals surface area contributed by atoms with E-state index in [0.29, 0.717) is 5.69 Å². The first-order chi connectivity index (χ1) is 6.33. The molecule has 1 aromatic carbocycles. The molecule has 2 rings (SSSR count). The molecule has 0 saturated heterocycles. The smallest absolute Gasteiger partial charge is 0.115 e. The van der Waals surface area contributed by atoms with Gasteiger partial charge in [-0.25, -0.2) is 0 Å². The maximum absolute atomic E-state index is 8.41. The van der Waals surface area contributed by atoms with E-state index in [-0.39, 0.29) is 0 Å². The fraction of sp³-hybridized carbons (Fsp3) is 0.111. The standard InChI is InChI=1S/C9H9N3O/c1-12-9-5-3-2-4-7(9)8(11-12)6-10-13/h2-6,13H,1H3/b10-6+. The Bertz CT molecular complexity index is 459. The fourth-order valence-electron chi connectivity index (χ4n) is 1.39. The molecule has 66 valence electrons. The molecule has 1 N–H and O–H groups in total. The molecular formula is C9H9N3O. The number of hydrogen-bond acceptors (Lipinski definition) is 3. The largest absolute Gasteiger partial charge is 0.411 e. The van der Waals surface area contributed by atoms with Crippen LogP contribution in [0, 0.1) is 0 Å². The molecule has 0 amide bonds. The predicted molar refractivity (Wildman–Crippen MR) is 50.1 cm³/mol. The quantitative estimate of drug-likeness (QED) is 0.404. The van der Waals surface area contributed by atoms with Gasteiger partial charge in [0.1, 0.15) is 5.69 Å². The molecule has 1 aromatic heterocycles. The monoisotopic (exact) mass is 175 g/mol. The number of hydrogen-bond donors (Lipinski definition) is 1. The normalized spacial score (nSPS) is 11.5. The third kappa shape index (κ3) is 1.16. The van der Waals surface area contributed by atoms with Crippen LogP contribution in [-0.4, -0.2) is 21.2 Å². The number of aromatic nitrogens is 2. The summed E-state index contributed by atoms with van der Waals surface area (Å²) in [6.45, 7) is 0. The molecule has 0 spiro atoms. The summed E-state index contributed by atoms with van der Waals surface area (Å²) in [5.74, 6) is 0. The first kappa shape index (κ1) is 7.79. The zero-order valence-corrected chi connectivity index (χ0v) is 7.18. The van der Waals surface area contributed by atoms with Crippen LogP contribution >= 0.6 is 0 Å². The van der Waals surface area contributed by atoms with Crippen LogP contribution in [0.1, 0.15) is 5.69 Å². The van der Waals surface area contributed by atoms with Gasteiger partial charge in [-0.1, -0.05) is 23.4 Å². The highest BCUT2D eigenvalue weighted by atomic mass is 16.4. The van der Waals surface area contributed by atoms with Gasteiger partial charge >= 0.3 is 0 Å². The van der Waals surface area contributed by atoms with Crippen molar-refractivity contribution in [2.24, 2.45) is 12.2 Å². The second kappa shape index (κ2) is 2.90. The van der Waals surface area contributed by atoms with Crippen LogP contribution in [0.2, 0.25) is 0 Å². The lowest BCUT2D eigenvalue weighted by molar-refractivity contribution is 0.321. The number of benzene rings is 1. The zero-order valence-electron chi connectivity index (χ0n) is 7.18. The van der Waals surface area contributed by atoms with Gasteiger partial charge in [0.2, 0.25) is 0 Å². The summed E-state index contributed by atoms with van der Waals surface area (Å²) in [7, 11) is 1.86. The molecule has 0 radical (unpaired) electrons. The lowest BCUT2D eigenvalue weighted by Gasteiger charge is -1.90. The van der Waals surface area contributed by atoms with Crippen molar-refractivity contribution in [1.29, 1.82) is 0 Å². The first-order valence-electron chi connectivity index (χ1n) is 3.92. The molecule has 0 aliphatic heterocycles. The van der Waals surface area contributed by atoms with E-state index in [1.807, 2.05) is 31.3 Å². The van der Waals surface area contributed by atoms with Crippen molar-refractivity contribution in [2.75, 3.05) is 0 Å². The van der Waals surface area contributed by atoms with Crippen molar-refractivity contribution in [2.45, 2.75) is 0 Å². The lowest BCUT2D eigenvalue weighted by Crippen LogP contribution is -1.90. The highest BCUT2D eigenvalue weighted by Gasteiger charge is 2.04. The minimum atomic E-state index is 0.681. The number of fused-ring (bicyclic) bond motifs is 1. The highest BCUT2D eigenvalue weighted by molar-refractivity contribution is 5.96. The Kier molecular flexibility index (Phi) is 1.73. The highest BCUT2D eigenvalue weighted by Crippen LogP contribution is 2.15. The van der Waals surface area contributed by atoms with Crippen LogP contribution < -0.4 is 0 Å². The number of oxime groups is 1. The van der Waals surface area contributed by atoms with Crippen LogP contribution in [0.4, 0.5) is 0 Å². The molecule has 0 aliphatic carbocycles. The minimum absolute atomic E-state index is 0.681. The third-order valence-electron chi connectivity index (χ3n) is 1.97. The van der Waals surface area contributed by atoms with Gasteiger partial charge in [-0.2, -0.15) is 5.10 Å². The Morgan fingerprint density at radius 2 is 2.23 bits per heavy atom. The first-order valence-corrected chi connectivity index (χ1v) is 3.92. The minimum Gasteiger partial charge on any atom is -0.411 e. The van der Waals surface area contributed by atoms with Crippen molar-refractivity contribution in [3.05, 3.63) is 30.0 Å². The number of aryl methyl sites for hydroxylation is 1. The molecule has 0 unspecified atom stereocenters. The summed E-state index contributed by atoms with van der Waals surface area (Å²) < 4.78 is 1.76. The van der Waals surface area contributed by atoms with Crippen LogP contribution in [0.15, 0.2) is 29.4 Å². The number of nitrogens with zero attached hydrogens (tertiary/aromatic N) is 3. The molecule has 0 fully saturated rings. The topological polar surface area (TPSA) is 50.4 Å². The second-order valence-corrected chi connectivity index (χ2v) is 2.77. The summed E-state index contributed by atoms with van der Waals surface area (Å²) >= 11 is 0. The van der Waals surface area contributed by atoms with Crippen LogP contribution in [0.25, 0.3) is 10.9 Å². The van der Waals surface area contributed by atoms with Gasteiger partial charge in [-0.3, -0.25) is 4.68 Å². The maximum Gasteiger partial charge on any atom is 0.115 e. The van der Waals surface area contributed by atoms with E-state index in [1.54, 1.807) is 4.68 Å². The van der Waals surface area contributed by atoms with Gasteiger partial charge in [-0.05, 0) is 6.07 Å². The van der Waals surface area contributed by atoms with Gasteiger partial charge in [0, 0.05) is 12.4 Å². The molecule has 1 heterocycles. The maximum atomic E-state index is 8.41. The number of rotatable bonds is 1. The summed E-state index contributed by atoms with van der Waals surface area (Å²) in [6.07, 6.45) is 1.34. The zero-order chi connectivity index (χ0) is 9.26. The van der Waals surface area contributed by atoms with Crippen molar-refractivity contribution in [3.63, 3.8) is 0 Å². The summed E-state index contributed by atoms with van der Waals surface area (Å²) in [4.78, 5) is 0. The van der Waals surface area contributed by atoms with Crippen molar-refractivity contribution >= 4 is 17.1 Å². The van der Waals surface area contributed by atoms with Crippen LogP contribution in [0.3, 0.4) is 0 Å². The average molecular weight is 175 g/mol.